The number of fused-ring (bicyclic) bond motifs is 1. The van der Waals surface area contributed by atoms with Crippen molar-refractivity contribution in [3.8, 4) is 6.07 Å². The van der Waals surface area contributed by atoms with Crippen LogP contribution in [0.1, 0.15) is 172 Å². The van der Waals surface area contributed by atoms with Gasteiger partial charge in [-0.25, -0.2) is 0 Å². The molecule has 11 nitrogen and oxygen atoms in total. The second-order valence-corrected chi connectivity index (χ2v) is 22.8. The van der Waals surface area contributed by atoms with Crippen molar-refractivity contribution in [2.75, 3.05) is 12.3 Å². The van der Waals surface area contributed by atoms with Gasteiger partial charge in [0.1, 0.15) is 0 Å². The molecule has 2 aliphatic rings. The van der Waals surface area contributed by atoms with Gasteiger partial charge in [0.2, 0.25) is 0 Å². The zero-order valence-electron chi connectivity index (χ0n) is 37.9. The monoisotopic (exact) mass is 839 g/mol. The fourth-order valence-corrected chi connectivity index (χ4v) is 13.9. The summed E-state index contributed by atoms with van der Waals surface area (Å²) >= 11 is 0. The van der Waals surface area contributed by atoms with E-state index in [2.05, 4.69) is 33.8 Å². The molecule has 0 amide bonds. The number of rotatable bonds is 26. The number of nitriles is 1. The minimum atomic E-state index is -4.86. The molecule has 0 bridgehead atoms. The van der Waals surface area contributed by atoms with Gasteiger partial charge in [-0.3, -0.25) is 0 Å². The van der Waals surface area contributed by atoms with E-state index in [4.69, 9.17) is 14.2 Å². The average molecular weight is 839 g/mol. The molecule has 2 fully saturated rings. The van der Waals surface area contributed by atoms with Crippen molar-refractivity contribution >= 4 is 7.21 Å². The van der Waals surface area contributed by atoms with Crippen LogP contribution in [0.3, 0.4) is 0 Å². The summed E-state index contributed by atoms with van der Waals surface area (Å²) in [5, 5.41) is 9.56. The number of nitrogens with zero attached hydrogens (tertiary/aromatic N) is 4. The zero-order valence-corrected chi connectivity index (χ0v) is 38.8. The van der Waals surface area contributed by atoms with E-state index >= 15 is 4.39 Å². The van der Waals surface area contributed by atoms with Crippen LogP contribution in [0, 0.1) is 34.9 Å². The predicted molar refractivity (Wildman–Crippen MR) is 233 cm³/mol. The van der Waals surface area contributed by atoms with E-state index in [1.54, 1.807) is 4.67 Å². The summed E-state index contributed by atoms with van der Waals surface area (Å²) in [7, 11) is -4.86. The van der Waals surface area contributed by atoms with Gasteiger partial charge >= 0.3 is 260 Å². The molecule has 0 aromatic carbocycles. The standard InChI is InChI=1S/C45H80FN4O7P/c1-12-25-45(26-13-2)56-40-39(31-58(53,54,29-17-27-47)50(33(5)6)34(7)8)55-43(41(40)57-45)49-30-38(46)42(51)48(44(49)52)28-24-37(11)23-16-22-36(10)21-15-20-35(9)19-14-18-32(3)4/h24,30,32-36,39-41,43,53-54H,12-23,25-26,28-29,31H2,1-11H3/t35-,36-,39+,40+,41-,43-/m1/s1. The van der Waals surface area contributed by atoms with Crippen molar-refractivity contribution in [3.63, 3.8) is 0 Å². The van der Waals surface area contributed by atoms with E-state index in [9.17, 15) is 24.6 Å². The van der Waals surface area contributed by atoms with Gasteiger partial charge in [0.05, 0.1) is 0 Å². The number of hydrogen-bond donors (Lipinski definition) is 2. The van der Waals surface area contributed by atoms with Crippen LogP contribution in [0.15, 0.2) is 27.4 Å². The summed E-state index contributed by atoms with van der Waals surface area (Å²) in [5.74, 6) is 0.0407. The first-order chi connectivity index (χ1) is 27.2. The van der Waals surface area contributed by atoms with E-state index in [0.29, 0.717) is 18.8 Å². The van der Waals surface area contributed by atoms with Gasteiger partial charge in [0, 0.05) is 0 Å². The summed E-state index contributed by atoms with van der Waals surface area (Å²) in [6.07, 6.45) is 11.4. The van der Waals surface area contributed by atoms with Crippen LogP contribution in [-0.4, -0.2) is 72.1 Å². The molecule has 2 saturated heterocycles. The molecule has 1 aromatic rings. The molecule has 0 saturated carbocycles. The van der Waals surface area contributed by atoms with E-state index in [0.717, 1.165) is 64.8 Å². The van der Waals surface area contributed by atoms with Crippen molar-refractivity contribution in [1.29, 1.82) is 5.26 Å². The van der Waals surface area contributed by atoms with Crippen LogP contribution in [-0.2, 0) is 20.8 Å². The summed E-state index contributed by atoms with van der Waals surface area (Å²) < 4.78 is 39.1. The Hall–Kier alpha value is -1.97. The van der Waals surface area contributed by atoms with Gasteiger partial charge in [-0.05, 0) is 17.8 Å². The third-order valence-electron chi connectivity index (χ3n) is 12.3. The molecule has 334 valence electrons. The second kappa shape index (κ2) is 22.2. The van der Waals surface area contributed by atoms with Crippen LogP contribution in [0.25, 0.3) is 0 Å². The topological polar surface area (TPSA) is 139 Å². The van der Waals surface area contributed by atoms with Crippen LogP contribution in [0.4, 0.5) is 4.39 Å². The van der Waals surface area contributed by atoms with E-state index in [-0.39, 0.29) is 37.4 Å². The van der Waals surface area contributed by atoms with Gasteiger partial charge in [-0.1, -0.05) is 72.6 Å². The van der Waals surface area contributed by atoms with Crippen molar-refractivity contribution in [1.82, 2.24) is 13.8 Å². The molecular formula is C45H80FN4O7P. The third-order valence-corrected chi connectivity index (χ3v) is 16.5. The van der Waals surface area contributed by atoms with Crippen molar-refractivity contribution in [2.45, 2.75) is 215 Å². The predicted octanol–water partition coefficient (Wildman–Crippen LogP) is 9.83. The Kier molecular flexibility index (Phi) is 19.3. The van der Waals surface area contributed by atoms with Gasteiger partial charge in [0.25, 0.3) is 0 Å². The molecule has 3 rings (SSSR count). The van der Waals surface area contributed by atoms with Crippen LogP contribution < -0.4 is 11.2 Å². The summed E-state index contributed by atoms with van der Waals surface area (Å²) in [4.78, 5) is 52.3. The molecule has 0 radical (unpaired) electrons. The Balaban J connectivity index is 1.85. The zero-order chi connectivity index (χ0) is 43.4. The SMILES string of the molecule is CCCC1(CCC)O[C@@H]2[C@@H](O1)[C@H](n1cc(F)c(=O)n(CC=C(C)CCC[C@H](C)CCC[C@H](C)CCCC(C)C)c1=O)O[C@H]2CP(O)(O)(CCC#N)N(C(C)C)C(C)C. The molecule has 13 heteroatoms. The molecule has 1 aromatic heterocycles. The van der Waals surface area contributed by atoms with Crippen molar-refractivity contribution < 1.29 is 28.4 Å². The first-order valence-electron chi connectivity index (χ1n) is 22.6. The minimum absolute atomic E-state index is 0.0856. The van der Waals surface area contributed by atoms with Crippen LogP contribution >= 0.6 is 7.21 Å². The molecule has 0 unspecified atom stereocenters. The maximum atomic E-state index is 15.6. The second-order valence-electron chi connectivity index (χ2n) is 18.9. The van der Waals surface area contributed by atoms with Gasteiger partial charge < -0.3 is 0 Å². The molecule has 2 N–H and O–H groups in total. The summed E-state index contributed by atoms with van der Waals surface area (Å²) in [6.45, 7) is 22.7. The molecule has 6 atom stereocenters. The number of halogens is 1. The number of aromatic nitrogens is 2. The first-order valence-corrected chi connectivity index (χ1v) is 25.0. The number of hydrogen-bond acceptors (Lipinski definition) is 9. The Morgan fingerprint density at radius 2 is 1.48 bits per heavy atom. The quantitative estimate of drug-likeness (QED) is 0.0690. The molecule has 3 heterocycles. The Bertz CT molecular complexity index is 1620. The number of ether oxygens (including phenoxy) is 3. The van der Waals surface area contributed by atoms with Crippen LogP contribution in [0.2, 0.25) is 0 Å². The van der Waals surface area contributed by atoms with Crippen molar-refractivity contribution in [2.24, 2.45) is 17.8 Å². The third kappa shape index (κ3) is 13.3. The Morgan fingerprint density at radius 1 is 0.931 bits per heavy atom. The fraction of sp³-hybridized carbons (Fsp3) is 0.844. The van der Waals surface area contributed by atoms with Crippen molar-refractivity contribution in [3.05, 3.63) is 44.5 Å². The summed E-state index contributed by atoms with van der Waals surface area (Å²) in [6, 6.07) is 1.53. The maximum absolute atomic E-state index is 15.6. The van der Waals surface area contributed by atoms with E-state index < -0.39 is 54.6 Å². The molecule has 0 aliphatic carbocycles. The first kappa shape index (κ1) is 50.4. The molecule has 0 spiro atoms. The molecular weight excluding hydrogens is 758 g/mol. The van der Waals surface area contributed by atoms with Gasteiger partial charge in [0.15, 0.2) is 0 Å². The fourth-order valence-electron chi connectivity index (χ4n) is 9.59. The molecule has 58 heavy (non-hydrogen) atoms. The Labute approximate surface area is 349 Å². The average Bonchev–Trinajstić information content (AvgIpc) is 3.64. The van der Waals surface area contributed by atoms with Gasteiger partial charge in [-0.2, -0.15) is 0 Å². The van der Waals surface area contributed by atoms with E-state index in [1.165, 1.54) is 38.5 Å². The van der Waals surface area contributed by atoms with Crippen LogP contribution in [0.5, 0.6) is 0 Å². The molecule has 2 aliphatic heterocycles. The Morgan fingerprint density at radius 3 is 2.02 bits per heavy atom. The number of allylic oxidation sites excluding steroid dienone is 2. The van der Waals surface area contributed by atoms with Gasteiger partial charge in [-0.15, -0.1) is 0 Å². The van der Waals surface area contributed by atoms with E-state index in [1.807, 2.05) is 54.5 Å². The normalized spacial score (nSPS) is 22.8. The summed E-state index contributed by atoms with van der Waals surface area (Å²) in [5.41, 5.74) is -0.744.